The van der Waals surface area contributed by atoms with Crippen LogP contribution in [0.4, 0.5) is 11.6 Å². The van der Waals surface area contributed by atoms with Crippen LogP contribution in [0.5, 0.6) is 0 Å². The van der Waals surface area contributed by atoms with Gasteiger partial charge in [-0.1, -0.05) is 35.7 Å². The van der Waals surface area contributed by atoms with Gasteiger partial charge in [-0.2, -0.15) is 0 Å². The molecule has 32 heavy (non-hydrogen) atoms. The van der Waals surface area contributed by atoms with Crippen LogP contribution in [0.3, 0.4) is 0 Å². The Morgan fingerprint density at radius 2 is 1.84 bits per heavy atom. The van der Waals surface area contributed by atoms with Crippen molar-refractivity contribution in [2.75, 3.05) is 31.1 Å². The van der Waals surface area contributed by atoms with Crippen LogP contribution in [-0.2, 0) is 4.79 Å². The molecule has 0 aliphatic carbocycles. The number of amides is 1. The van der Waals surface area contributed by atoms with E-state index in [0.717, 1.165) is 5.56 Å². The number of Topliss-reactive ketones (excluding diaryl/α,β-unsaturated/α-hetero) is 1. The van der Waals surface area contributed by atoms with Gasteiger partial charge in [0.2, 0.25) is 0 Å². The number of aromatic nitrogens is 2. The molecule has 1 aromatic carbocycles. The second-order valence-corrected chi connectivity index (χ2v) is 8.17. The summed E-state index contributed by atoms with van der Waals surface area (Å²) >= 11 is 5.87. The Balaban J connectivity index is 1.32. The predicted octanol–water partition coefficient (Wildman–Crippen LogP) is 1.28. The number of hydrogen-bond donors (Lipinski definition) is 3. The number of rotatable bonds is 3. The van der Waals surface area contributed by atoms with Crippen LogP contribution in [0.25, 0.3) is 0 Å². The molecule has 1 fully saturated rings. The number of benzene rings is 1. The van der Waals surface area contributed by atoms with E-state index in [-0.39, 0.29) is 46.1 Å². The summed E-state index contributed by atoms with van der Waals surface area (Å²) in [6.07, 6.45) is 1.43. The Labute approximate surface area is 190 Å². The van der Waals surface area contributed by atoms with Crippen LogP contribution in [0.15, 0.2) is 35.3 Å². The molecule has 2 aliphatic rings. The quantitative estimate of drug-likeness (QED) is 0.471. The minimum Gasteiger partial charge on any atom is -0.382 e. The molecule has 1 amide bonds. The van der Waals surface area contributed by atoms with Gasteiger partial charge in [0.1, 0.15) is 5.84 Å². The lowest BCUT2D eigenvalue weighted by Crippen LogP contribution is -2.54. The van der Waals surface area contributed by atoms with Gasteiger partial charge in [0, 0.05) is 24.6 Å². The molecule has 0 bridgehead atoms. The van der Waals surface area contributed by atoms with Gasteiger partial charge in [-0.3, -0.25) is 14.6 Å². The molecule has 4 rings (SSSR count). The van der Waals surface area contributed by atoms with Crippen LogP contribution >= 0.6 is 11.6 Å². The summed E-state index contributed by atoms with van der Waals surface area (Å²) in [6.45, 7) is 1.67. The van der Waals surface area contributed by atoms with Crippen molar-refractivity contribution in [3.8, 4) is 11.8 Å². The lowest BCUT2D eigenvalue weighted by molar-refractivity contribution is -0.126. The molecule has 2 aromatic rings. The number of carbonyl (C=O) groups excluding carboxylic acids is 2. The van der Waals surface area contributed by atoms with Crippen molar-refractivity contribution in [3.63, 3.8) is 0 Å². The van der Waals surface area contributed by atoms with Gasteiger partial charge in [-0.25, -0.2) is 9.97 Å². The fraction of sp³-hybridized carbons (Fsp3) is 0.318. The third kappa shape index (κ3) is 4.65. The van der Waals surface area contributed by atoms with Gasteiger partial charge in [-0.05, 0) is 25.0 Å². The average Bonchev–Trinajstić information content (AvgIpc) is 3.17. The number of nitrogens with two attached hydrogens (primary N) is 2. The third-order valence-corrected chi connectivity index (χ3v) is 5.85. The van der Waals surface area contributed by atoms with Gasteiger partial charge in [0.15, 0.2) is 28.3 Å². The Morgan fingerprint density at radius 3 is 2.56 bits per heavy atom. The van der Waals surface area contributed by atoms with E-state index < -0.39 is 0 Å². The zero-order chi connectivity index (χ0) is 22.7. The Kier molecular flexibility index (Phi) is 5.97. The van der Waals surface area contributed by atoms with Crippen LogP contribution in [-0.4, -0.2) is 57.6 Å². The van der Waals surface area contributed by atoms with E-state index in [2.05, 4.69) is 32.1 Å². The van der Waals surface area contributed by atoms with E-state index in [4.69, 9.17) is 23.1 Å². The number of likely N-dealkylation sites (tertiary alicyclic amines) is 1. The highest BCUT2D eigenvalue weighted by atomic mass is 35.5. The summed E-state index contributed by atoms with van der Waals surface area (Å²) in [5.74, 6) is 5.56. The van der Waals surface area contributed by atoms with E-state index in [1.807, 2.05) is 30.3 Å². The van der Waals surface area contributed by atoms with E-state index in [1.165, 1.54) is 0 Å². The first-order valence-electron chi connectivity index (χ1n) is 10.1. The number of piperidine rings is 1. The second kappa shape index (κ2) is 8.85. The van der Waals surface area contributed by atoms with Gasteiger partial charge in [0.25, 0.3) is 5.91 Å². The zero-order valence-electron chi connectivity index (χ0n) is 17.3. The highest BCUT2D eigenvalue weighted by Crippen LogP contribution is 2.27. The van der Waals surface area contributed by atoms with Crippen molar-refractivity contribution in [2.45, 2.75) is 24.8 Å². The fourth-order valence-electron chi connectivity index (χ4n) is 3.76. The summed E-state index contributed by atoms with van der Waals surface area (Å²) in [5.41, 5.74) is 11.8. The molecule has 9 nitrogen and oxygen atoms in total. The van der Waals surface area contributed by atoms with Crippen LogP contribution in [0, 0.1) is 11.8 Å². The zero-order valence-corrected chi connectivity index (χ0v) is 18.0. The molecule has 0 atom stereocenters. The summed E-state index contributed by atoms with van der Waals surface area (Å²) in [5, 5.41) is 3.32. The SMILES string of the molecule is Nc1nc(N)c(C(=O)CC2=NCC3(CCN(C(=O)C#Cc4ccccc4)CC3)N2)nc1Cl. The van der Waals surface area contributed by atoms with E-state index in [1.54, 1.807) is 4.90 Å². The maximum Gasteiger partial charge on any atom is 0.298 e. The fourth-order valence-corrected chi connectivity index (χ4v) is 3.89. The predicted molar refractivity (Wildman–Crippen MR) is 122 cm³/mol. The minimum atomic E-state index is -0.344. The largest absolute Gasteiger partial charge is 0.382 e. The lowest BCUT2D eigenvalue weighted by atomic mass is 9.88. The van der Waals surface area contributed by atoms with Gasteiger partial charge < -0.3 is 21.7 Å². The average molecular weight is 452 g/mol. The number of anilines is 2. The number of ketones is 1. The van der Waals surface area contributed by atoms with Gasteiger partial charge in [0.05, 0.1) is 18.5 Å². The number of amidine groups is 1. The first-order chi connectivity index (χ1) is 15.3. The molecular weight excluding hydrogens is 430 g/mol. The minimum absolute atomic E-state index is 0.00602. The molecule has 164 valence electrons. The Morgan fingerprint density at radius 1 is 1.12 bits per heavy atom. The van der Waals surface area contributed by atoms with E-state index in [9.17, 15) is 9.59 Å². The molecule has 1 saturated heterocycles. The smallest absolute Gasteiger partial charge is 0.298 e. The summed E-state index contributed by atoms with van der Waals surface area (Å²) in [6, 6.07) is 9.41. The molecule has 0 saturated carbocycles. The summed E-state index contributed by atoms with van der Waals surface area (Å²) < 4.78 is 0. The molecule has 1 aromatic heterocycles. The molecule has 2 aliphatic heterocycles. The number of aliphatic imine (C=N–C) groups is 1. The molecular formula is C22H22ClN7O2. The number of nitrogens with zero attached hydrogens (tertiary/aromatic N) is 4. The second-order valence-electron chi connectivity index (χ2n) is 7.81. The highest BCUT2D eigenvalue weighted by molar-refractivity contribution is 6.31. The van der Waals surface area contributed by atoms with E-state index in [0.29, 0.717) is 38.3 Å². The first kappa shape index (κ1) is 21.6. The normalized spacial score (nSPS) is 16.7. The number of nitrogen functional groups attached to an aromatic ring is 2. The standard InChI is InChI=1S/C22H22ClN7O2/c23-19-21(25)28-20(24)18(27-19)15(31)12-16-26-13-22(29-16)8-10-30(11-9-22)17(32)7-6-14-4-2-1-3-5-14/h1-5H,8-13H2,(H,26,29)(H4,24,25,28). The third-order valence-electron chi connectivity index (χ3n) is 5.57. The molecule has 0 radical (unpaired) electrons. The topological polar surface area (TPSA) is 140 Å². The van der Waals surface area contributed by atoms with Crippen molar-refractivity contribution >= 4 is 40.8 Å². The van der Waals surface area contributed by atoms with Crippen molar-refractivity contribution in [1.82, 2.24) is 20.2 Å². The van der Waals surface area contributed by atoms with Crippen molar-refractivity contribution in [1.29, 1.82) is 0 Å². The highest BCUT2D eigenvalue weighted by Gasteiger charge is 2.39. The number of carbonyl (C=O) groups is 2. The number of hydrogen-bond acceptors (Lipinski definition) is 8. The number of nitrogens with one attached hydrogen (secondary N) is 1. The first-order valence-corrected chi connectivity index (χ1v) is 10.5. The Hall–Kier alpha value is -3.64. The molecule has 0 unspecified atom stereocenters. The molecule has 10 heteroatoms. The van der Waals surface area contributed by atoms with Crippen molar-refractivity contribution in [2.24, 2.45) is 4.99 Å². The summed E-state index contributed by atoms with van der Waals surface area (Å²) in [7, 11) is 0. The van der Waals surface area contributed by atoms with Crippen molar-refractivity contribution in [3.05, 3.63) is 46.7 Å². The monoisotopic (exact) mass is 451 g/mol. The lowest BCUT2D eigenvalue weighted by Gasteiger charge is -2.38. The van der Waals surface area contributed by atoms with Crippen LogP contribution < -0.4 is 16.8 Å². The van der Waals surface area contributed by atoms with Crippen molar-refractivity contribution < 1.29 is 9.59 Å². The van der Waals surface area contributed by atoms with Gasteiger partial charge in [-0.15, -0.1) is 0 Å². The van der Waals surface area contributed by atoms with Crippen LogP contribution in [0.1, 0.15) is 35.3 Å². The molecule has 1 spiro atoms. The van der Waals surface area contributed by atoms with Crippen LogP contribution in [0.2, 0.25) is 5.15 Å². The van der Waals surface area contributed by atoms with E-state index >= 15 is 0 Å². The Bertz CT molecular complexity index is 1150. The van der Waals surface area contributed by atoms with Gasteiger partial charge >= 0.3 is 0 Å². The molecule has 3 heterocycles. The maximum atomic E-state index is 12.6. The number of halogens is 1. The molecule has 5 N–H and O–H groups in total. The maximum absolute atomic E-state index is 12.6. The summed E-state index contributed by atoms with van der Waals surface area (Å²) in [4.78, 5) is 39.1.